The Bertz CT molecular complexity index is 668. The molecular formula is C17H20F3NO2. The largest absolute Gasteiger partial charge is 0.508 e. The Kier molecular flexibility index (Phi) is 3.26. The quantitative estimate of drug-likeness (QED) is 0.793. The van der Waals surface area contributed by atoms with E-state index in [1.807, 2.05) is 26.8 Å². The summed E-state index contributed by atoms with van der Waals surface area (Å²) in [6, 6.07) is 4.55. The number of hydrogen-bond donors (Lipinski definition) is 1. The van der Waals surface area contributed by atoms with Crippen LogP contribution in [-0.4, -0.2) is 34.7 Å². The summed E-state index contributed by atoms with van der Waals surface area (Å²) in [4.78, 5) is 12.8. The van der Waals surface area contributed by atoms with E-state index in [-0.39, 0.29) is 17.7 Å². The van der Waals surface area contributed by atoms with Gasteiger partial charge in [0.2, 0.25) is 0 Å². The molecule has 0 radical (unpaired) electrons. The predicted molar refractivity (Wildman–Crippen MR) is 79.1 cm³/mol. The Balaban J connectivity index is 2.11. The summed E-state index contributed by atoms with van der Waals surface area (Å²) in [6.07, 6.45) is -4.06. The molecular weight excluding hydrogens is 307 g/mol. The fraction of sp³-hybridized carbons (Fsp3) is 0.588. The second kappa shape index (κ2) is 4.65. The molecule has 3 nitrogen and oxygen atoms in total. The van der Waals surface area contributed by atoms with Crippen LogP contribution in [0.4, 0.5) is 13.2 Å². The van der Waals surface area contributed by atoms with E-state index in [2.05, 4.69) is 0 Å². The molecule has 1 aromatic carbocycles. The number of hydrogen-bond acceptors (Lipinski definition) is 2. The summed E-state index contributed by atoms with van der Waals surface area (Å²) in [5, 5.41) is 9.71. The summed E-state index contributed by atoms with van der Waals surface area (Å²) in [7, 11) is 0. The van der Waals surface area contributed by atoms with Gasteiger partial charge in [-0.25, -0.2) is 0 Å². The number of amides is 1. The highest BCUT2D eigenvalue weighted by molar-refractivity contribution is 5.82. The lowest BCUT2D eigenvalue weighted by atomic mass is 9.51. The van der Waals surface area contributed by atoms with Crippen LogP contribution in [0.3, 0.4) is 0 Å². The van der Waals surface area contributed by atoms with E-state index in [1.165, 1.54) is 0 Å². The number of nitrogens with zero attached hydrogens (tertiary/aromatic N) is 1. The number of carbonyl (C=O) groups excluding carboxylic acids is 1. The van der Waals surface area contributed by atoms with Crippen molar-refractivity contribution in [2.45, 2.75) is 51.2 Å². The van der Waals surface area contributed by atoms with E-state index in [1.54, 1.807) is 12.1 Å². The van der Waals surface area contributed by atoms with Crippen molar-refractivity contribution in [2.24, 2.45) is 5.41 Å². The molecule has 23 heavy (non-hydrogen) atoms. The minimum atomic E-state index is -4.86. The van der Waals surface area contributed by atoms with Gasteiger partial charge in [-0.1, -0.05) is 26.8 Å². The van der Waals surface area contributed by atoms with Crippen molar-refractivity contribution in [1.29, 1.82) is 0 Å². The predicted octanol–water partition coefficient (Wildman–Crippen LogP) is 3.40. The summed E-state index contributed by atoms with van der Waals surface area (Å²) < 4.78 is 38.8. The second-order valence-electron chi connectivity index (χ2n) is 7.36. The Hall–Kier alpha value is -1.72. The number of phenolic OH excluding ortho intramolecular Hbond substituents is 1. The number of halogens is 3. The van der Waals surface area contributed by atoms with Crippen LogP contribution in [0.25, 0.3) is 0 Å². The molecule has 6 heteroatoms. The Morgan fingerprint density at radius 1 is 1.30 bits per heavy atom. The molecule has 1 aliphatic carbocycles. The maximum absolute atomic E-state index is 12.9. The van der Waals surface area contributed by atoms with Crippen LogP contribution in [0.5, 0.6) is 5.75 Å². The molecule has 3 rings (SSSR count). The first-order valence-electron chi connectivity index (χ1n) is 7.68. The number of piperidine rings is 1. The van der Waals surface area contributed by atoms with E-state index in [0.29, 0.717) is 12.8 Å². The highest BCUT2D eigenvalue weighted by Gasteiger charge is 2.59. The van der Waals surface area contributed by atoms with Gasteiger partial charge in [-0.05, 0) is 41.5 Å². The van der Waals surface area contributed by atoms with Gasteiger partial charge in [-0.3, -0.25) is 4.79 Å². The van der Waals surface area contributed by atoms with Gasteiger partial charge in [-0.15, -0.1) is 0 Å². The Morgan fingerprint density at radius 3 is 2.57 bits per heavy atom. The Morgan fingerprint density at radius 2 is 1.96 bits per heavy atom. The number of aromatic hydroxyl groups is 1. The zero-order valence-electron chi connectivity index (χ0n) is 13.4. The molecule has 0 unspecified atom stereocenters. The normalized spacial score (nSPS) is 29.1. The molecule has 1 aliphatic heterocycles. The molecule has 0 saturated carbocycles. The molecule has 1 saturated heterocycles. The molecule has 1 aromatic rings. The van der Waals surface area contributed by atoms with Gasteiger partial charge in [0.1, 0.15) is 5.75 Å². The zero-order chi connectivity index (χ0) is 17.2. The summed E-state index contributed by atoms with van der Waals surface area (Å²) in [5.74, 6) is -1.67. The number of likely N-dealkylation sites (tertiary alicyclic amines) is 1. The molecule has 1 heterocycles. The molecule has 1 fully saturated rings. The number of carbonyl (C=O) groups is 1. The lowest BCUT2D eigenvalue weighted by molar-refractivity contribution is -0.195. The van der Waals surface area contributed by atoms with Crippen LogP contribution in [0.1, 0.15) is 38.3 Å². The van der Waals surface area contributed by atoms with E-state index >= 15 is 0 Å². The molecule has 2 atom stereocenters. The lowest BCUT2D eigenvalue weighted by Crippen LogP contribution is -2.66. The second-order valence-corrected chi connectivity index (χ2v) is 7.36. The molecule has 0 spiro atoms. The zero-order valence-corrected chi connectivity index (χ0v) is 13.4. The third kappa shape index (κ3) is 2.14. The first kappa shape index (κ1) is 16.1. The number of phenols is 1. The van der Waals surface area contributed by atoms with Crippen LogP contribution in [0.2, 0.25) is 0 Å². The van der Waals surface area contributed by atoms with Gasteiger partial charge in [0.15, 0.2) is 0 Å². The molecule has 126 valence electrons. The van der Waals surface area contributed by atoms with Gasteiger partial charge >= 0.3 is 12.1 Å². The van der Waals surface area contributed by atoms with E-state index in [9.17, 15) is 23.1 Å². The van der Waals surface area contributed by atoms with Crippen LogP contribution >= 0.6 is 0 Å². The number of rotatable bonds is 0. The van der Waals surface area contributed by atoms with Gasteiger partial charge in [0, 0.05) is 18.0 Å². The van der Waals surface area contributed by atoms with Crippen molar-refractivity contribution < 1.29 is 23.1 Å². The minimum Gasteiger partial charge on any atom is -0.508 e. The number of fused-ring (bicyclic) bond motifs is 4. The lowest BCUT2D eigenvalue weighted by Gasteiger charge is -2.60. The standard InChI is InChI=1S/C17H20F3NO2/c1-15(2)13-9-10-8-11(22)4-5-12(10)16(15,3)6-7-21(13)14(23)17(18,19)20/h4-5,8,13,22H,6-7,9H2,1-3H3/t13-,16+/m1/s1. The highest BCUT2D eigenvalue weighted by atomic mass is 19.4. The third-order valence-corrected chi connectivity index (χ3v) is 6.08. The number of alkyl halides is 3. The van der Waals surface area contributed by atoms with Crippen LogP contribution in [0, 0.1) is 5.41 Å². The fourth-order valence-corrected chi connectivity index (χ4v) is 4.33. The van der Waals surface area contributed by atoms with Crippen molar-refractivity contribution in [1.82, 2.24) is 4.90 Å². The van der Waals surface area contributed by atoms with E-state index < -0.39 is 23.5 Å². The molecule has 1 N–H and O–H groups in total. The fourth-order valence-electron chi connectivity index (χ4n) is 4.33. The molecule has 2 bridgehead atoms. The summed E-state index contributed by atoms with van der Waals surface area (Å²) in [5.41, 5.74) is 1.07. The maximum atomic E-state index is 12.9. The molecule has 2 aliphatic rings. The monoisotopic (exact) mass is 327 g/mol. The van der Waals surface area contributed by atoms with Gasteiger partial charge in [0.25, 0.3) is 0 Å². The van der Waals surface area contributed by atoms with Crippen molar-refractivity contribution in [3.63, 3.8) is 0 Å². The maximum Gasteiger partial charge on any atom is 0.471 e. The summed E-state index contributed by atoms with van der Waals surface area (Å²) >= 11 is 0. The minimum absolute atomic E-state index is 0.0961. The molecule has 1 amide bonds. The van der Waals surface area contributed by atoms with E-state index in [0.717, 1.165) is 16.0 Å². The smallest absolute Gasteiger partial charge is 0.471 e. The topological polar surface area (TPSA) is 40.5 Å². The van der Waals surface area contributed by atoms with Crippen molar-refractivity contribution >= 4 is 5.91 Å². The van der Waals surface area contributed by atoms with Crippen LogP contribution in [0.15, 0.2) is 18.2 Å². The SMILES string of the molecule is CC1(C)[C@H]2Cc3cc(O)ccc3[C@]1(C)CCN2C(=O)C(F)(F)F. The number of benzene rings is 1. The summed E-state index contributed by atoms with van der Waals surface area (Å²) in [6.45, 7) is 6.01. The highest BCUT2D eigenvalue weighted by Crippen LogP contribution is 2.56. The van der Waals surface area contributed by atoms with Crippen molar-refractivity contribution in [3.05, 3.63) is 29.3 Å². The third-order valence-electron chi connectivity index (χ3n) is 6.08. The molecule has 0 aromatic heterocycles. The average molecular weight is 327 g/mol. The van der Waals surface area contributed by atoms with Gasteiger partial charge < -0.3 is 10.0 Å². The first-order chi connectivity index (χ1) is 10.5. The van der Waals surface area contributed by atoms with Crippen molar-refractivity contribution in [2.75, 3.05) is 6.54 Å². The van der Waals surface area contributed by atoms with E-state index in [4.69, 9.17) is 0 Å². The van der Waals surface area contributed by atoms with Crippen LogP contribution in [-0.2, 0) is 16.6 Å². The van der Waals surface area contributed by atoms with Gasteiger partial charge in [0.05, 0.1) is 0 Å². The van der Waals surface area contributed by atoms with Gasteiger partial charge in [-0.2, -0.15) is 13.2 Å². The first-order valence-corrected chi connectivity index (χ1v) is 7.68. The Labute approximate surface area is 133 Å². The van der Waals surface area contributed by atoms with Crippen molar-refractivity contribution in [3.8, 4) is 5.75 Å². The van der Waals surface area contributed by atoms with Crippen LogP contribution < -0.4 is 0 Å². The average Bonchev–Trinajstić information content (AvgIpc) is 2.41.